The molecule has 2 aromatic rings. The van der Waals surface area contributed by atoms with Crippen molar-refractivity contribution >= 4 is 17.7 Å². The van der Waals surface area contributed by atoms with E-state index in [-0.39, 0.29) is 42.6 Å². The lowest BCUT2D eigenvalue weighted by atomic mass is 9.78. The minimum absolute atomic E-state index is 0.128. The average Bonchev–Trinajstić information content (AvgIpc) is 3.24. The highest BCUT2D eigenvalue weighted by Crippen LogP contribution is 2.37. The number of amides is 1. The number of nitrogens with one attached hydrogen (secondary N) is 1. The predicted octanol–water partition coefficient (Wildman–Crippen LogP) is 3.89. The summed E-state index contributed by atoms with van der Waals surface area (Å²) in [6.45, 7) is 16.4. The summed E-state index contributed by atoms with van der Waals surface area (Å²) in [4.78, 5) is 44.1. The van der Waals surface area contributed by atoms with Crippen LogP contribution in [0.5, 0.6) is 0 Å². The van der Waals surface area contributed by atoms with E-state index in [1.807, 2.05) is 49.9 Å². The molecule has 14 heteroatoms. The smallest absolute Gasteiger partial charge is 0.311 e. The largest absolute Gasteiger partial charge is 0.459 e. The second-order valence-electron chi connectivity index (χ2n) is 18.9. The van der Waals surface area contributed by atoms with Crippen molar-refractivity contribution in [3.63, 3.8) is 0 Å². The average molecular weight is 870 g/mol. The van der Waals surface area contributed by atoms with Crippen LogP contribution in [-0.4, -0.2) is 153 Å². The maximum Gasteiger partial charge on any atom is 0.311 e. The molecule has 0 saturated carbocycles. The molecule has 14 nitrogen and oxygen atoms in total. The fourth-order valence-electron chi connectivity index (χ4n) is 9.40. The molecule has 2 saturated heterocycles. The van der Waals surface area contributed by atoms with Crippen molar-refractivity contribution in [2.24, 2.45) is 17.8 Å². The molecule has 2 aromatic carbocycles. The zero-order chi connectivity index (χ0) is 46.3. The van der Waals surface area contributed by atoms with E-state index < -0.39 is 77.8 Å². The molecule has 348 valence electrons. The van der Waals surface area contributed by atoms with Gasteiger partial charge in [0.2, 0.25) is 5.91 Å². The van der Waals surface area contributed by atoms with Gasteiger partial charge in [0.25, 0.3) is 0 Å². The zero-order valence-corrected chi connectivity index (χ0v) is 38.7. The van der Waals surface area contributed by atoms with Gasteiger partial charge in [-0.15, -0.1) is 0 Å². The molecule has 2 heterocycles. The van der Waals surface area contributed by atoms with Crippen molar-refractivity contribution in [1.29, 1.82) is 0 Å². The lowest BCUT2D eigenvalue weighted by Gasteiger charge is -2.46. The van der Waals surface area contributed by atoms with E-state index in [1.54, 1.807) is 77.1 Å². The summed E-state index contributed by atoms with van der Waals surface area (Å²) in [5.41, 5.74) is -1.76. The van der Waals surface area contributed by atoms with Gasteiger partial charge in [0.1, 0.15) is 23.9 Å². The molecule has 62 heavy (non-hydrogen) atoms. The molecule has 0 spiro atoms. The number of carbonyl (C=O) groups excluding carboxylic acids is 3. The van der Waals surface area contributed by atoms with E-state index in [1.165, 1.54) is 13.8 Å². The molecule has 4 rings (SSSR count). The van der Waals surface area contributed by atoms with Gasteiger partial charge in [-0.3, -0.25) is 19.3 Å². The standard InChI is InChI=1S/C48H75N3O11/c1-12-38-48(9,59)42(55)33(7)51(23-17-22-49-44(56)30(4)35-20-16-21-36(25-35)40(53)34-18-14-13-15-19-34)27-28(2)26-47(8,58)43(31(5)39(52)32(6)45(57)61-38)62-46-41(54)37(50(10)11)24-29(3)60-46/h13-16,18-21,25,28-33,37-39,41-43,46,52,54-55,58-59H,12,17,22-24,26-27H2,1-11H3,(H,49,56)/t28-,29-,30?,31+,32-,33-,37+,38-,39+,41-,42-,43-,46+,47-,48-/m1/s1. The Morgan fingerprint density at radius 1 is 0.968 bits per heavy atom. The third-order valence-electron chi connectivity index (χ3n) is 13.3. The first-order valence-corrected chi connectivity index (χ1v) is 22.4. The van der Waals surface area contributed by atoms with Crippen LogP contribution in [-0.2, 0) is 23.8 Å². The van der Waals surface area contributed by atoms with E-state index in [0.717, 1.165) is 0 Å². The molecule has 6 N–H and O–H groups in total. The van der Waals surface area contributed by atoms with Gasteiger partial charge in [-0.2, -0.15) is 0 Å². The monoisotopic (exact) mass is 870 g/mol. The quantitative estimate of drug-likeness (QED) is 0.102. The highest BCUT2D eigenvalue weighted by atomic mass is 16.7. The van der Waals surface area contributed by atoms with Gasteiger partial charge in [0, 0.05) is 48.8 Å². The van der Waals surface area contributed by atoms with Gasteiger partial charge >= 0.3 is 5.97 Å². The van der Waals surface area contributed by atoms with Crippen molar-refractivity contribution in [1.82, 2.24) is 15.1 Å². The van der Waals surface area contributed by atoms with Crippen LogP contribution < -0.4 is 5.32 Å². The van der Waals surface area contributed by atoms with Crippen LogP contribution in [0.3, 0.4) is 0 Å². The van der Waals surface area contributed by atoms with Crippen molar-refractivity contribution in [2.75, 3.05) is 33.7 Å². The summed E-state index contributed by atoms with van der Waals surface area (Å²) in [6, 6.07) is 15.1. The summed E-state index contributed by atoms with van der Waals surface area (Å²) in [5.74, 6) is -3.91. The van der Waals surface area contributed by atoms with Crippen LogP contribution in [0.4, 0.5) is 0 Å². The number of nitrogens with zero attached hydrogens (tertiary/aromatic N) is 2. The van der Waals surface area contributed by atoms with Gasteiger partial charge < -0.3 is 50.0 Å². The molecule has 2 fully saturated rings. The van der Waals surface area contributed by atoms with Crippen LogP contribution in [0.1, 0.15) is 115 Å². The molecular weight excluding hydrogens is 795 g/mol. The number of carbonyl (C=O) groups is 3. The second kappa shape index (κ2) is 22.1. The van der Waals surface area contributed by atoms with E-state index in [2.05, 4.69) is 5.32 Å². The fraction of sp³-hybridized carbons (Fsp3) is 0.688. The number of ether oxygens (including phenoxy) is 3. The predicted molar refractivity (Wildman–Crippen MR) is 236 cm³/mol. The summed E-state index contributed by atoms with van der Waals surface area (Å²) in [7, 11) is 3.72. The first-order valence-electron chi connectivity index (χ1n) is 22.4. The molecule has 0 radical (unpaired) electrons. The number of rotatable bonds is 12. The number of likely N-dealkylation sites (N-methyl/N-ethyl adjacent to an activating group) is 1. The third kappa shape index (κ3) is 12.5. The molecule has 2 aliphatic heterocycles. The highest BCUT2D eigenvalue weighted by Gasteiger charge is 2.50. The Morgan fingerprint density at radius 2 is 1.61 bits per heavy atom. The topological polar surface area (TPSA) is 199 Å². The van der Waals surface area contributed by atoms with Crippen LogP contribution in [0.2, 0.25) is 0 Å². The zero-order valence-electron chi connectivity index (χ0n) is 38.7. The van der Waals surface area contributed by atoms with Crippen LogP contribution >= 0.6 is 0 Å². The van der Waals surface area contributed by atoms with Crippen molar-refractivity contribution in [3.05, 3.63) is 71.3 Å². The number of esters is 1. The van der Waals surface area contributed by atoms with Crippen LogP contribution in [0.15, 0.2) is 54.6 Å². The molecule has 0 aromatic heterocycles. The maximum atomic E-state index is 13.7. The van der Waals surface area contributed by atoms with Gasteiger partial charge in [-0.25, -0.2) is 0 Å². The van der Waals surface area contributed by atoms with Crippen molar-refractivity contribution < 1.29 is 54.1 Å². The Hall–Kier alpha value is -3.31. The van der Waals surface area contributed by atoms with Crippen molar-refractivity contribution in [3.8, 4) is 0 Å². The lowest BCUT2D eigenvalue weighted by Crippen LogP contribution is -2.59. The van der Waals surface area contributed by atoms with E-state index in [4.69, 9.17) is 14.2 Å². The maximum absolute atomic E-state index is 13.7. The number of ketones is 1. The lowest BCUT2D eigenvalue weighted by molar-refractivity contribution is -0.299. The minimum Gasteiger partial charge on any atom is -0.459 e. The fourth-order valence-corrected chi connectivity index (χ4v) is 9.40. The number of hydrogen-bond acceptors (Lipinski definition) is 13. The van der Waals surface area contributed by atoms with Crippen LogP contribution in [0, 0.1) is 17.8 Å². The molecule has 2 aliphatic rings. The first kappa shape index (κ1) is 51.3. The molecular formula is C48H75N3O11. The number of hydrogen-bond donors (Lipinski definition) is 6. The summed E-state index contributed by atoms with van der Waals surface area (Å²) in [6.07, 6.45) is -6.15. The molecule has 1 unspecified atom stereocenters. The third-order valence-corrected chi connectivity index (χ3v) is 13.3. The van der Waals surface area contributed by atoms with Gasteiger partial charge in [-0.05, 0) is 98.9 Å². The minimum atomic E-state index is -1.90. The Balaban J connectivity index is 1.57. The molecule has 0 aliphatic carbocycles. The Morgan fingerprint density at radius 3 is 2.24 bits per heavy atom. The first-order chi connectivity index (χ1) is 29.0. The Bertz CT molecular complexity index is 1760. The Kier molecular flexibility index (Phi) is 18.3. The highest BCUT2D eigenvalue weighted by molar-refractivity contribution is 6.09. The normalized spacial score (nSPS) is 36.2. The van der Waals surface area contributed by atoms with Gasteiger partial charge in [0.05, 0.1) is 35.7 Å². The van der Waals surface area contributed by atoms with E-state index in [9.17, 15) is 39.9 Å². The second-order valence-corrected chi connectivity index (χ2v) is 18.9. The van der Waals surface area contributed by atoms with E-state index in [0.29, 0.717) is 49.2 Å². The number of benzene rings is 2. The summed E-state index contributed by atoms with van der Waals surface area (Å²) in [5, 5.41) is 62.3. The molecule has 15 atom stereocenters. The number of cyclic esters (lactones) is 1. The van der Waals surface area contributed by atoms with Gasteiger partial charge in [0.15, 0.2) is 12.1 Å². The van der Waals surface area contributed by atoms with E-state index >= 15 is 0 Å². The Labute approximate surface area is 368 Å². The number of aliphatic hydroxyl groups excluding tert-OH is 3. The SMILES string of the molecule is CC[C@H]1OC(=O)[C@H](C)[C@@H](O)[C@H](C)[C@@H](O[C@@H]2O[C@H](C)C[C@H](N(C)C)[C@H]2O)[C@](C)(O)C[C@@H](C)CN(CCCNC(=O)C(C)c2cccc(C(=O)c3ccccc3)c2)[C@H](C)[C@@H](O)[C@]1(C)O. The number of aliphatic hydroxyl groups is 5. The van der Waals surface area contributed by atoms with Gasteiger partial charge in [-0.1, -0.05) is 69.3 Å². The summed E-state index contributed by atoms with van der Waals surface area (Å²) >= 11 is 0. The van der Waals surface area contributed by atoms with Crippen molar-refractivity contribution in [2.45, 2.75) is 160 Å². The molecule has 0 bridgehead atoms. The summed E-state index contributed by atoms with van der Waals surface area (Å²) < 4.78 is 18.5. The van der Waals surface area contributed by atoms with Crippen LogP contribution in [0.25, 0.3) is 0 Å². The molecule has 1 amide bonds.